The predicted octanol–water partition coefficient (Wildman–Crippen LogP) is 1.65. The molecule has 0 saturated heterocycles. The number of hydrogen-bond acceptors (Lipinski definition) is 3. The van der Waals surface area contributed by atoms with E-state index >= 15 is 0 Å². The van der Waals surface area contributed by atoms with E-state index in [0.29, 0.717) is 6.42 Å². The smallest absolute Gasteiger partial charge is 0.0659 e. The summed E-state index contributed by atoms with van der Waals surface area (Å²) in [5.74, 6) is 0. The van der Waals surface area contributed by atoms with E-state index in [0.717, 1.165) is 17.8 Å². The Morgan fingerprint density at radius 3 is 2.60 bits per heavy atom. The molecule has 3 aromatic rings. The van der Waals surface area contributed by atoms with Gasteiger partial charge in [-0.05, 0) is 35.7 Å². The van der Waals surface area contributed by atoms with Crippen LogP contribution >= 0.6 is 0 Å². The van der Waals surface area contributed by atoms with E-state index in [1.807, 2.05) is 40.0 Å². The monoisotopic (exact) mass is 268 g/mol. The molecule has 0 fully saturated rings. The van der Waals surface area contributed by atoms with Crippen molar-refractivity contribution in [2.75, 3.05) is 6.61 Å². The molecule has 0 aliphatic rings. The third-order valence-corrected chi connectivity index (χ3v) is 3.14. The van der Waals surface area contributed by atoms with Crippen molar-refractivity contribution >= 4 is 0 Å². The van der Waals surface area contributed by atoms with Crippen molar-refractivity contribution in [2.24, 2.45) is 0 Å². The van der Waals surface area contributed by atoms with Gasteiger partial charge in [-0.25, -0.2) is 4.68 Å². The molecule has 0 saturated carbocycles. The van der Waals surface area contributed by atoms with Gasteiger partial charge < -0.3 is 5.11 Å². The maximum absolute atomic E-state index is 8.89. The highest BCUT2D eigenvalue weighted by molar-refractivity contribution is 5.33. The van der Waals surface area contributed by atoms with Crippen LogP contribution in [0.4, 0.5) is 0 Å². The van der Waals surface area contributed by atoms with Crippen LogP contribution in [0.25, 0.3) is 5.69 Å². The minimum Gasteiger partial charge on any atom is -0.396 e. The first-order valence-electron chi connectivity index (χ1n) is 6.56. The third kappa shape index (κ3) is 2.78. The van der Waals surface area contributed by atoms with Crippen LogP contribution in [-0.4, -0.2) is 31.3 Å². The summed E-state index contributed by atoms with van der Waals surface area (Å²) in [6.45, 7) is 0.884. The molecule has 3 rings (SSSR count). The fraction of sp³-hybridized carbons (Fsp3) is 0.200. The molecule has 0 radical (unpaired) electrons. The second-order valence-electron chi connectivity index (χ2n) is 4.64. The quantitative estimate of drug-likeness (QED) is 0.765. The highest BCUT2D eigenvalue weighted by atomic mass is 16.2. The molecule has 0 unspecified atom stereocenters. The first kappa shape index (κ1) is 12.6. The molecule has 0 aliphatic carbocycles. The molecule has 102 valence electrons. The van der Waals surface area contributed by atoms with Gasteiger partial charge in [0.05, 0.1) is 18.4 Å². The van der Waals surface area contributed by atoms with Crippen LogP contribution in [0.1, 0.15) is 11.1 Å². The van der Waals surface area contributed by atoms with E-state index < -0.39 is 0 Å². The molecule has 0 spiro atoms. The van der Waals surface area contributed by atoms with Gasteiger partial charge in [0.2, 0.25) is 0 Å². The molecule has 20 heavy (non-hydrogen) atoms. The Kier molecular flexibility index (Phi) is 3.60. The van der Waals surface area contributed by atoms with Crippen molar-refractivity contribution in [3.63, 3.8) is 0 Å². The van der Waals surface area contributed by atoms with Gasteiger partial charge in [-0.2, -0.15) is 10.2 Å². The van der Waals surface area contributed by atoms with Crippen molar-refractivity contribution < 1.29 is 5.11 Å². The Bertz CT molecular complexity index is 656. The second-order valence-corrected chi connectivity index (χ2v) is 4.64. The Morgan fingerprint density at radius 1 is 1.05 bits per heavy atom. The van der Waals surface area contributed by atoms with E-state index in [-0.39, 0.29) is 6.61 Å². The molecule has 0 aliphatic heterocycles. The molecule has 5 heteroatoms. The largest absolute Gasteiger partial charge is 0.396 e. The van der Waals surface area contributed by atoms with Gasteiger partial charge in [0.15, 0.2) is 0 Å². The summed E-state index contributed by atoms with van der Waals surface area (Å²) in [6.07, 6.45) is 8.11. The van der Waals surface area contributed by atoms with Gasteiger partial charge in [0.25, 0.3) is 0 Å². The number of hydrogen-bond donors (Lipinski definition) is 1. The van der Waals surface area contributed by atoms with Gasteiger partial charge in [0.1, 0.15) is 0 Å². The molecular formula is C15H16N4O. The Balaban J connectivity index is 1.71. The number of aliphatic hydroxyl groups is 1. The summed E-state index contributed by atoms with van der Waals surface area (Å²) in [7, 11) is 0. The first-order valence-corrected chi connectivity index (χ1v) is 6.56. The maximum Gasteiger partial charge on any atom is 0.0659 e. The summed E-state index contributed by atoms with van der Waals surface area (Å²) in [5, 5.41) is 17.4. The molecule has 0 bridgehead atoms. The standard InChI is InChI=1S/C15H16N4O/c20-9-6-14-10-17-18(12-14)11-13-2-4-15(5-3-13)19-8-1-7-16-19/h1-5,7-8,10,12,20H,6,9,11H2. The van der Waals surface area contributed by atoms with Crippen molar-refractivity contribution in [1.29, 1.82) is 0 Å². The lowest BCUT2D eigenvalue weighted by atomic mass is 10.2. The number of benzene rings is 1. The predicted molar refractivity (Wildman–Crippen MR) is 75.7 cm³/mol. The van der Waals surface area contributed by atoms with E-state index in [1.165, 1.54) is 5.56 Å². The van der Waals surface area contributed by atoms with Crippen LogP contribution in [0.3, 0.4) is 0 Å². The summed E-state index contributed by atoms with van der Waals surface area (Å²) < 4.78 is 3.71. The molecule has 2 aromatic heterocycles. The van der Waals surface area contributed by atoms with Gasteiger partial charge in [-0.1, -0.05) is 12.1 Å². The molecule has 1 N–H and O–H groups in total. The molecule has 0 amide bonds. The minimum atomic E-state index is 0.157. The molecule has 0 atom stereocenters. The normalized spacial score (nSPS) is 10.8. The Labute approximate surface area is 117 Å². The average molecular weight is 268 g/mol. The summed E-state index contributed by atoms with van der Waals surface area (Å²) in [4.78, 5) is 0. The minimum absolute atomic E-state index is 0.157. The van der Waals surface area contributed by atoms with Gasteiger partial charge >= 0.3 is 0 Å². The van der Waals surface area contributed by atoms with Crippen molar-refractivity contribution in [1.82, 2.24) is 19.6 Å². The van der Waals surface area contributed by atoms with Crippen LogP contribution in [0.2, 0.25) is 0 Å². The van der Waals surface area contributed by atoms with Gasteiger partial charge in [-0.15, -0.1) is 0 Å². The molecular weight excluding hydrogens is 252 g/mol. The summed E-state index contributed by atoms with van der Waals surface area (Å²) >= 11 is 0. The lowest BCUT2D eigenvalue weighted by Crippen LogP contribution is -2.01. The maximum atomic E-state index is 8.89. The average Bonchev–Trinajstić information content (AvgIpc) is 3.12. The Morgan fingerprint density at radius 2 is 1.90 bits per heavy atom. The fourth-order valence-corrected chi connectivity index (χ4v) is 2.11. The van der Waals surface area contributed by atoms with E-state index in [1.54, 1.807) is 12.4 Å². The zero-order chi connectivity index (χ0) is 13.8. The van der Waals surface area contributed by atoms with Gasteiger partial charge in [-0.3, -0.25) is 4.68 Å². The zero-order valence-electron chi connectivity index (χ0n) is 11.1. The topological polar surface area (TPSA) is 55.9 Å². The SMILES string of the molecule is OCCc1cnn(Cc2ccc(-n3cccn3)cc2)c1. The van der Waals surface area contributed by atoms with Gasteiger partial charge in [0, 0.05) is 25.2 Å². The van der Waals surface area contributed by atoms with E-state index in [2.05, 4.69) is 22.3 Å². The number of aliphatic hydroxyl groups excluding tert-OH is 1. The Hall–Kier alpha value is -2.40. The highest BCUT2D eigenvalue weighted by Gasteiger charge is 2.01. The van der Waals surface area contributed by atoms with Crippen LogP contribution < -0.4 is 0 Å². The molecule has 5 nitrogen and oxygen atoms in total. The molecule has 2 heterocycles. The lowest BCUT2D eigenvalue weighted by Gasteiger charge is -2.04. The van der Waals surface area contributed by atoms with Crippen LogP contribution in [0, 0.1) is 0 Å². The highest BCUT2D eigenvalue weighted by Crippen LogP contribution is 2.10. The van der Waals surface area contributed by atoms with Crippen molar-refractivity contribution in [2.45, 2.75) is 13.0 Å². The van der Waals surface area contributed by atoms with E-state index in [4.69, 9.17) is 5.11 Å². The fourth-order valence-electron chi connectivity index (χ4n) is 2.11. The van der Waals surface area contributed by atoms with Crippen LogP contribution in [-0.2, 0) is 13.0 Å². The lowest BCUT2D eigenvalue weighted by molar-refractivity contribution is 0.299. The molecule has 1 aromatic carbocycles. The summed E-state index contributed by atoms with van der Waals surface area (Å²) in [6, 6.07) is 10.1. The third-order valence-electron chi connectivity index (χ3n) is 3.14. The zero-order valence-corrected chi connectivity index (χ0v) is 11.1. The number of aromatic nitrogens is 4. The second kappa shape index (κ2) is 5.71. The van der Waals surface area contributed by atoms with Crippen LogP contribution in [0.15, 0.2) is 55.1 Å². The number of rotatable bonds is 5. The first-order chi connectivity index (χ1) is 9.85. The van der Waals surface area contributed by atoms with Crippen molar-refractivity contribution in [3.05, 3.63) is 66.2 Å². The summed E-state index contributed by atoms with van der Waals surface area (Å²) in [5.41, 5.74) is 3.28. The van der Waals surface area contributed by atoms with Crippen molar-refractivity contribution in [3.8, 4) is 5.69 Å². The van der Waals surface area contributed by atoms with Crippen LogP contribution in [0.5, 0.6) is 0 Å². The van der Waals surface area contributed by atoms with E-state index in [9.17, 15) is 0 Å². The number of nitrogens with zero attached hydrogens (tertiary/aromatic N) is 4.